The van der Waals surface area contributed by atoms with Crippen LogP contribution in [0.5, 0.6) is 5.75 Å². The van der Waals surface area contributed by atoms with Crippen LogP contribution in [0, 0.1) is 0 Å². The summed E-state index contributed by atoms with van der Waals surface area (Å²) in [6, 6.07) is 16.3. The second-order valence-electron chi connectivity index (χ2n) is 7.12. The maximum atomic E-state index is 12.7. The Bertz CT molecular complexity index is 940. The minimum atomic E-state index is -1.12. The van der Waals surface area contributed by atoms with Crippen molar-refractivity contribution in [1.29, 1.82) is 0 Å². The van der Waals surface area contributed by atoms with Crippen molar-refractivity contribution < 1.29 is 19.8 Å². The van der Waals surface area contributed by atoms with Gasteiger partial charge in [-0.3, -0.25) is 19.7 Å². The maximum Gasteiger partial charge on any atom is 0.326 e. The van der Waals surface area contributed by atoms with Crippen molar-refractivity contribution in [3.05, 3.63) is 90.0 Å². The van der Waals surface area contributed by atoms with Crippen molar-refractivity contribution in [2.45, 2.75) is 25.6 Å². The highest BCUT2D eigenvalue weighted by Crippen LogP contribution is 2.12. The molecule has 3 aromatic rings. The summed E-state index contributed by atoms with van der Waals surface area (Å²) in [5.41, 5.74) is 2.29. The van der Waals surface area contributed by atoms with Crippen LogP contribution in [0.3, 0.4) is 0 Å². The van der Waals surface area contributed by atoms with Gasteiger partial charge in [0.05, 0.1) is 17.9 Å². The van der Waals surface area contributed by atoms with Gasteiger partial charge in [0.2, 0.25) is 5.91 Å². The molecular formula is C23H24N4O4. The first-order chi connectivity index (χ1) is 15.0. The van der Waals surface area contributed by atoms with E-state index in [9.17, 15) is 19.8 Å². The van der Waals surface area contributed by atoms with Crippen LogP contribution in [-0.2, 0) is 29.1 Å². The van der Waals surface area contributed by atoms with E-state index in [0.29, 0.717) is 18.7 Å². The standard InChI is InChI=1S/C23H24N4O4/c28-20-9-7-17(8-10-20)13-21(23(30)31)26-22(29)16-27(14-18-5-1-3-11-24-18)15-19-6-2-4-12-25-19/h1-12,21,28H,13-16H2,(H,26,29)(H,30,31)/t21-/m0/s1. The Morgan fingerprint density at radius 1 is 0.903 bits per heavy atom. The van der Waals surface area contributed by atoms with Crippen molar-refractivity contribution in [3.63, 3.8) is 0 Å². The number of carbonyl (C=O) groups is 2. The lowest BCUT2D eigenvalue weighted by atomic mass is 10.1. The summed E-state index contributed by atoms with van der Waals surface area (Å²) in [5, 5.41) is 21.5. The second kappa shape index (κ2) is 10.8. The summed E-state index contributed by atoms with van der Waals surface area (Å²) < 4.78 is 0. The highest BCUT2D eigenvalue weighted by molar-refractivity contribution is 5.84. The van der Waals surface area contributed by atoms with E-state index in [1.54, 1.807) is 24.5 Å². The number of pyridine rings is 2. The summed E-state index contributed by atoms with van der Waals surface area (Å²) in [7, 11) is 0. The van der Waals surface area contributed by atoms with Gasteiger partial charge >= 0.3 is 5.97 Å². The summed E-state index contributed by atoms with van der Waals surface area (Å²) in [6.07, 6.45) is 3.49. The molecule has 0 spiro atoms. The van der Waals surface area contributed by atoms with E-state index in [1.807, 2.05) is 41.3 Å². The van der Waals surface area contributed by atoms with Gasteiger partial charge in [-0.25, -0.2) is 4.79 Å². The van der Waals surface area contributed by atoms with Gasteiger partial charge in [0, 0.05) is 31.9 Å². The molecule has 1 atom stereocenters. The number of hydrogen-bond acceptors (Lipinski definition) is 6. The SMILES string of the molecule is O=C(CN(Cc1ccccn1)Cc1ccccn1)N[C@@H](Cc1ccc(O)cc1)C(=O)O. The van der Waals surface area contributed by atoms with E-state index in [0.717, 1.165) is 11.4 Å². The van der Waals surface area contributed by atoms with Crippen LogP contribution in [0.15, 0.2) is 73.1 Å². The predicted octanol–water partition coefficient (Wildman–Crippen LogP) is 2.00. The van der Waals surface area contributed by atoms with Gasteiger partial charge in [-0.15, -0.1) is 0 Å². The number of rotatable bonds is 10. The van der Waals surface area contributed by atoms with Gasteiger partial charge in [-0.2, -0.15) is 0 Å². The molecule has 31 heavy (non-hydrogen) atoms. The monoisotopic (exact) mass is 420 g/mol. The fraction of sp³-hybridized carbons (Fsp3) is 0.217. The van der Waals surface area contributed by atoms with Crippen molar-refractivity contribution in [2.24, 2.45) is 0 Å². The van der Waals surface area contributed by atoms with Gasteiger partial charge in [0.1, 0.15) is 11.8 Å². The number of phenolic OH excluding ortho intramolecular Hbond substituents is 1. The van der Waals surface area contributed by atoms with Gasteiger partial charge in [-0.05, 0) is 42.0 Å². The zero-order valence-corrected chi connectivity index (χ0v) is 16.9. The van der Waals surface area contributed by atoms with Crippen molar-refractivity contribution in [1.82, 2.24) is 20.2 Å². The molecule has 1 aromatic carbocycles. The van der Waals surface area contributed by atoms with Crippen LogP contribution in [0.1, 0.15) is 17.0 Å². The quantitative estimate of drug-likeness (QED) is 0.459. The number of carboxylic acids is 1. The molecule has 3 N–H and O–H groups in total. The molecule has 0 unspecified atom stereocenters. The summed E-state index contributed by atoms with van der Waals surface area (Å²) in [4.78, 5) is 34.9. The molecule has 0 saturated heterocycles. The maximum absolute atomic E-state index is 12.7. The summed E-state index contributed by atoms with van der Waals surface area (Å²) in [6.45, 7) is 0.827. The highest BCUT2D eigenvalue weighted by atomic mass is 16.4. The first-order valence-corrected chi connectivity index (χ1v) is 9.82. The fourth-order valence-electron chi connectivity index (χ4n) is 3.12. The number of hydrogen-bond donors (Lipinski definition) is 3. The molecule has 0 fully saturated rings. The third kappa shape index (κ3) is 7.20. The third-order valence-electron chi connectivity index (χ3n) is 4.60. The minimum absolute atomic E-state index is 0.00743. The van der Waals surface area contributed by atoms with Crippen LogP contribution >= 0.6 is 0 Å². The Morgan fingerprint density at radius 3 is 1.97 bits per heavy atom. The van der Waals surface area contributed by atoms with E-state index >= 15 is 0 Å². The topological polar surface area (TPSA) is 116 Å². The van der Waals surface area contributed by atoms with Crippen molar-refractivity contribution in [3.8, 4) is 5.75 Å². The Morgan fingerprint density at radius 2 is 1.48 bits per heavy atom. The Labute approximate surface area is 180 Å². The lowest BCUT2D eigenvalue weighted by Crippen LogP contribution is -2.46. The number of phenols is 1. The molecule has 0 aliphatic heterocycles. The van der Waals surface area contributed by atoms with Crippen LogP contribution < -0.4 is 5.32 Å². The van der Waals surface area contributed by atoms with Crippen LogP contribution in [0.4, 0.5) is 0 Å². The molecule has 0 bridgehead atoms. The van der Waals surface area contributed by atoms with E-state index < -0.39 is 17.9 Å². The minimum Gasteiger partial charge on any atom is -0.508 e. The van der Waals surface area contributed by atoms with Crippen LogP contribution in [-0.4, -0.2) is 49.5 Å². The lowest BCUT2D eigenvalue weighted by Gasteiger charge is -2.22. The Balaban J connectivity index is 1.67. The number of aliphatic carboxylic acids is 1. The molecule has 3 rings (SSSR count). The van der Waals surface area contributed by atoms with Crippen molar-refractivity contribution >= 4 is 11.9 Å². The molecule has 8 nitrogen and oxygen atoms in total. The number of nitrogens with zero attached hydrogens (tertiary/aromatic N) is 3. The van der Waals surface area contributed by atoms with Gasteiger partial charge < -0.3 is 15.5 Å². The predicted molar refractivity (Wildman–Crippen MR) is 114 cm³/mol. The Kier molecular flexibility index (Phi) is 7.67. The number of amides is 1. The molecule has 0 aliphatic carbocycles. The zero-order valence-electron chi connectivity index (χ0n) is 16.9. The number of carbonyl (C=O) groups excluding carboxylic acids is 1. The van der Waals surface area contributed by atoms with Crippen molar-refractivity contribution in [2.75, 3.05) is 6.54 Å². The largest absolute Gasteiger partial charge is 0.508 e. The average Bonchev–Trinajstić information content (AvgIpc) is 2.76. The van der Waals surface area contributed by atoms with Gasteiger partial charge in [-0.1, -0.05) is 24.3 Å². The van der Waals surface area contributed by atoms with E-state index in [4.69, 9.17) is 0 Å². The third-order valence-corrected chi connectivity index (χ3v) is 4.60. The zero-order chi connectivity index (χ0) is 22.1. The number of nitrogens with one attached hydrogen (secondary N) is 1. The molecule has 0 saturated carbocycles. The number of aromatic hydroxyl groups is 1. The Hall–Kier alpha value is -3.78. The molecule has 160 valence electrons. The van der Waals surface area contributed by atoms with Crippen LogP contribution in [0.2, 0.25) is 0 Å². The van der Waals surface area contributed by atoms with E-state index in [1.165, 1.54) is 12.1 Å². The number of benzene rings is 1. The lowest BCUT2D eigenvalue weighted by molar-refractivity contribution is -0.142. The number of aromatic nitrogens is 2. The fourth-order valence-corrected chi connectivity index (χ4v) is 3.12. The molecule has 2 aromatic heterocycles. The number of carboxylic acid groups (broad SMARTS) is 1. The summed E-state index contributed by atoms with van der Waals surface area (Å²) >= 11 is 0. The smallest absolute Gasteiger partial charge is 0.326 e. The molecular weight excluding hydrogens is 396 g/mol. The molecule has 0 aliphatic rings. The van der Waals surface area contributed by atoms with Gasteiger partial charge in [0.25, 0.3) is 0 Å². The molecule has 0 radical (unpaired) electrons. The summed E-state index contributed by atoms with van der Waals surface area (Å²) in [5.74, 6) is -1.43. The first kappa shape index (κ1) is 21.9. The van der Waals surface area contributed by atoms with Crippen LogP contribution in [0.25, 0.3) is 0 Å². The average molecular weight is 420 g/mol. The molecule has 8 heteroatoms. The normalized spacial score (nSPS) is 11.8. The van der Waals surface area contributed by atoms with Gasteiger partial charge in [0.15, 0.2) is 0 Å². The molecule has 2 heterocycles. The van der Waals surface area contributed by atoms with E-state index in [2.05, 4.69) is 15.3 Å². The highest BCUT2D eigenvalue weighted by Gasteiger charge is 2.22. The molecule has 1 amide bonds. The first-order valence-electron chi connectivity index (χ1n) is 9.82. The van der Waals surface area contributed by atoms with E-state index in [-0.39, 0.29) is 18.7 Å². The second-order valence-corrected chi connectivity index (χ2v) is 7.12.